The number of carbonyl (C=O) groups excluding carboxylic acids is 2. The van der Waals surface area contributed by atoms with E-state index in [1.165, 1.54) is 24.3 Å². The summed E-state index contributed by atoms with van der Waals surface area (Å²) in [5.41, 5.74) is 1.55. The van der Waals surface area contributed by atoms with E-state index in [2.05, 4.69) is 5.10 Å². The maximum Gasteiger partial charge on any atom is 0.420 e. The number of nitrogens with zero attached hydrogens (tertiary/aromatic N) is 3. The molecule has 1 atom stereocenters. The minimum atomic E-state index is -5.31. The summed E-state index contributed by atoms with van der Waals surface area (Å²) in [6.07, 6.45) is -4.33. The Morgan fingerprint density at radius 3 is 2.39 bits per heavy atom. The van der Waals surface area contributed by atoms with E-state index in [9.17, 15) is 36.6 Å². The van der Waals surface area contributed by atoms with Crippen LogP contribution in [0.15, 0.2) is 48.7 Å². The van der Waals surface area contributed by atoms with Gasteiger partial charge in [0.25, 0.3) is 11.8 Å². The number of carbonyl (C=O) groups is 2. The Labute approximate surface area is 206 Å². The lowest BCUT2D eigenvalue weighted by atomic mass is 10.0. The zero-order chi connectivity index (χ0) is 26.8. The van der Waals surface area contributed by atoms with Gasteiger partial charge in [-0.05, 0) is 36.4 Å². The summed E-state index contributed by atoms with van der Waals surface area (Å²) in [4.78, 5) is 25.5. The molecule has 0 radical (unpaired) electrons. The molecule has 2 aromatic carbocycles. The molecule has 3 rings (SSSR count). The van der Waals surface area contributed by atoms with Crippen molar-refractivity contribution in [3.05, 3.63) is 76.4 Å². The molecule has 0 aliphatic heterocycles. The molecular weight excluding hydrogens is 513 g/mol. The van der Waals surface area contributed by atoms with Crippen molar-refractivity contribution in [1.29, 1.82) is 0 Å². The second-order valence-corrected chi connectivity index (χ2v) is 8.21. The number of nitrogens with one attached hydrogen (secondary N) is 1. The Kier molecular flexibility index (Phi) is 7.55. The molecule has 2 amide bonds. The van der Waals surface area contributed by atoms with Gasteiger partial charge in [-0.3, -0.25) is 9.59 Å². The van der Waals surface area contributed by atoms with Gasteiger partial charge in [0.15, 0.2) is 5.60 Å². The maximum absolute atomic E-state index is 14.0. The van der Waals surface area contributed by atoms with Crippen LogP contribution in [-0.4, -0.2) is 63.5 Å². The molecule has 8 nitrogen and oxygen atoms in total. The quantitative estimate of drug-likeness (QED) is 0.405. The molecule has 0 bridgehead atoms. The molecule has 192 valence electrons. The number of hydrogen-bond donors (Lipinski definition) is 3. The lowest BCUT2D eigenvalue weighted by Gasteiger charge is -2.34. The number of nitrogens with two attached hydrogens (primary N) is 1. The topological polar surface area (TPSA) is 113 Å². The van der Waals surface area contributed by atoms with Crippen LogP contribution in [0.25, 0.3) is 5.69 Å². The fraction of sp³-hybridized carbons (Fsp3) is 0.227. The minimum Gasteiger partial charge on any atom is -0.383 e. The van der Waals surface area contributed by atoms with Gasteiger partial charge in [0.1, 0.15) is 23.0 Å². The van der Waals surface area contributed by atoms with Crippen LogP contribution >= 0.6 is 11.6 Å². The lowest BCUT2D eigenvalue weighted by Crippen LogP contribution is -2.60. The highest BCUT2D eigenvalue weighted by Gasteiger charge is 2.55. The first-order valence-electron chi connectivity index (χ1n) is 10.1. The van der Waals surface area contributed by atoms with Crippen LogP contribution in [0.1, 0.15) is 20.7 Å². The molecule has 1 unspecified atom stereocenters. The van der Waals surface area contributed by atoms with Crippen LogP contribution in [0.3, 0.4) is 0 Å². The van der Waals surface area contributed by atoms with E-state index in [4.69, 9.17) is 17.3 Å². The molecule has 1 aromatic heterocycles. The smallest absolute Gasteiger partial charge is 0.383 e. The summed E-state index contributed by atoms with van der Waals surface area (Å²) in [6, 6.07) is 8.16. The summed E-state index contributed by atoms with van der Waals surface area (Å²) < 4.78 is 69.5. The van der Waals surface area contributed by atoms with Crippen molar-refractivity contribution in [3.8, 4) is 5.69 Å². The molecule has 1 heterocycles. The number of likely N-dealkylation sites (N-methyl/N-ethyl adjacent to an activating group) is 1. The van der Waals surface area contributed by atoms with E-state index >= 15 is 0 Å². The zero-order valence-corrected chi connectivity index (χ0v) is 19.2. The molecule has 0 aliphatic carbocycles. The molecule has 36 heavy (non-hydrogen) atoms. The summed E-state index contributed by atoms with van der Waals surface area (Å²) >= 11 is 5.80. The number of anilines is 1. The second kappa shape index (κ2) is 10.1. The van der Waals surface area contributed by atoms with Gasteiger partial charge >= 0.3 is 6.18 Å². The van der Waals surface area contributed by atoms with Crippen molar-refractivity contribution in [3.63, 3.8) is 0 Å². The Balaban J connectivity index is 1.78. The average molecular weight is 532 g/mol. The summed E-state index contributed by atoms with van der Waals surface area (Å²) in [5.74, 6) is -4.16. The Morgan fingerprint density at radius 1 is 1.17 bits per heavy atom. The lowest BCUT2D eigenvalue weighted by molar-refractivity contribution is -0.259. The number of aromatic nitrogens is 2. The predicted octanol–water partition coefficient (Wildman–Crippen LogP) is 3.18. The SMILES string of the molecule is CN(CC(O)(CNC(=O)c1cnn(-c2ccc(F)cc2)c1N)C(F)(F)F)C(=O)c1c(F)cccc1Cl. The molecule has 0 saturated carbocycles. The fourth-order valence-electron chi connectivity index (χ4n) is 3.25. The fourth-order valence-corrected chi connectivity index (χ4v) is 3.49. The van der Waals surface area contributed by atoms with E-state index < -0.39 is 53.9 Å². The number of aliphatic hydroxyl groups is 1. The number of halogens is 6. The Hall–Kier alpha value is -3.71. The number of benzene rings is 2. The first-order chi connectivity index (χ1) is 16.7. The van der Waals surface area contributed by atoms with E-state index in [1.54, 1.807) is 0 Å². The van der Waals surface area contributed by atoms with Crippen molar-refractivity contribution in [1.82, 2.24) is 20.0 Å². The first-order valence-corrected chi connectivity index (χ1v) is 10.5. The highest BCUT2D eigenvalue weighted by molar-refractivity contribution is 6.33. The van der Waals surface area contributed by atoms with E-state index in [0.717, 1.165) is 36.1 Å². The number of amides is 2. The first kappa shape index (κ1) is 26.9. The van der Waals surface area contributed by atoms with E-state index in [-0.39, 0.29) is 22.1 Å². The third-order valence-corrected chi connectivity index (χ3v) is 5.53. The van der Waals surface area contributed by atoms with Gasteiger partial charge in [0.05, 0.1) is 35.6 Å². The predicted molar refractivity (Wildman–Crippen MR) is 120 cm³/mol. The van der Waals surface area contributed by atoms with Gasteiger partial charge in [-0.15, -0.1) is 0 Å². The molecular formula is C22H19ClF5N5O3. The number of rotatable bonds is 7. The highest BCUT2D eigenvalue weighted by Crippen LogP contribution is 2.32. The second-order valence-electron chi connectivity index (χ2n) is 7.80. The number of alkyl halides is 3. The largest absolute Gasteiger partial charge is 0.420 e. The van der Waals surface area contributed by atoms with Crippen molar-refractivity contribution >= 4 is 29.2 Å². The van der Waals surface area contributed by atoms with Crippen molar-refractivity contribution < 1.29 is 36.6 Å². The minimum absolute atomic E-state index is 0.254. The molecule has 0 aliphatic rings. The number of nitrogen functional groups attached to an aromatic ring is 1. The normalized spacial score (nSPS) is 13.2. The van der Waals surface area contributed by atoms with Gasteiger partial charge in [0.2, 0.25) is 0 Å². The zero-order valence-electron chi connectivity index (χ0n) is 18.5. The highest BCUT2D eigenvalue weighted by atomic mass is 35.5. The van der Waals surface area contributed by atoms with Crippen LogP contribution in [-0.2, 0) is 0 Å². The van der Waals surface area contributed by atoms with Gasteiger partial charge < -0.3 is 21.1 Å². The van der Waals surface area contributed by atoms with Crippen LogP contribution < -0.4 is 11.1 Å². The van der Waals surface area contributed by atoms with Crippen molar-refractivity contribution in [2.45, 2.75) is 11.8 Å². The van der Waals surface area contributed by atoms with E-state index in [1.807, 2.05) is 5.32 Å². The molecule has 0 saturated heterocycles. The third-order valence-electron chi connectivity index (χ3n) is 5.21. The summed E-state index contributed by atoms with van der Waals surface area (Å²) in [7, 11) is 0.911. The third kappa shape index (κ3) is 5.41. The standard InChI is InChI=1S/C22H19ClF5N5O3/c1-32(20(35)17-15(23)3-2-4-16(17)25)11-21(36,22(26,27)28)10-30-19(34)14-9-31-33(18(14)29)13-7-5-12(24)6-8-13/h2-9,36H,10-11,29H2,1H3,(H,30,34). The average Bonchev–Trinajstić information content (AvgIpc) is 3.18. The van der Waals surface area contributed by atoms with Gasteiger partial charge in [-0.1, -0.05) is 17.7 Å². The molecule has 3 aromatic rings. The summed E-state index contributed by atoms with van der Waals surface area (Å²) in [5, 5.41) is 15.9. The van der Waals surface area contributed by atoms with Gasteiger partial charge in [-0.25, -0.2) is 13.5 Å². The van der Waals surface area contributed by atoms with Crippen LogP contribution in [0, 0.1) is 11.6 Å². The Morgan fingerprint density at radius 2 is 1.81 bits per heavy atom. The molecule has 0 spiro atoms. The van der Waals surface area contributed by atoms with Crippen molar-refractivity contribution in [2.75, 3.05) is 25.9 Å². The van der Waals surface area contributed by atoms with Crippen LogP contribution in [0.4, 0.5) is 27.8 Å². The molecule has 0 fully saturated rings. The van der Waals surface area contributed by atoms with E-state index in [0.29, 0.717) is 4.90 Å². The number of hydrogen-bond acceptors (Lipinski definition) is 5. The summed E-state index contributed by atoms with van der Waals surface area (Å²) in [6.45, 7) is -2.73. The van der Waals surface area contributed by atoms with Gasteiger partial charge in [0, 0.05) is 7.05 Å². The molecule has 4 N–H and O–H groups in total. The van der Waals surface area contributed by atoms with Crippen LogP contribution in [0.5, 0.6) is 0 Å². The molecule has 14 heteroatoms. The Bertz CT molecular complexity index is 1260. The van der Waals surface area contributed by atoms with Crippen molar-refractivity contribution in [2.24, 2.45) is 0 Å². The maximum atomic E-state index is 14.0. The van der Waals surface area contributed by atoms with Gasteiger partial charge in [-0.2, -0.15) is 18.3 Å². The van der Waals surface area contributed by atoms with Crippen LogP contribution in [0.2, 0.25) is 5.02 Å². The monoisotopic (exact) mass is 531 g/mol.